The van der Waals surface area contributed by atoms with Gasteiger partial charge in [-0.25, -0.2) is 0 Å². The summed E-state index contributed by atoms with van der Waals surface area (Å²) in [5.74, 6) is -0.0358. The van der Waals surface area contributed by atoms with Gasteiger partial charge in [-0.3, -0.25) is 19.8 Å². The second-order valence-corrected chi connectivity index (χ2v) is 5.29. The first-order valence-electron chi connectivity index (χ1n) is 5.58. The van der Waals surface area contributed by atoms with Gasteiger partial charge in [-0.1, -0.05) is 13.8 Å². The zero-order valence-corrected chi connectivity index (χ0v) is 9.38. The van der Waals surface area contributed by atoms with Gasteiger partial charge in [0.2, 0.25) is 11.8 Å². The molecule has 0 aromatic carbocycles. The van der Waals surface area contributed by atoms with Crippen LogP contribution in [0, 0.1) is 5.41 Å². The zero-order valence-electron chi connectivity index (χ0n) is 9.38. The highest BCUT2D eigenvalue weighted by atomic mass is 16.2. The molecule has 2 heterocycles. The van der Waals surface area contributed by atoms with E-state index in [9.17, 15) is 9.59 Å². The molecule has 2 rings (SSSR count). The maximum absolute atomic E-state index is 11.9. The van der Waals surface area contributed by atoms with Crippen LogP contribution in [0.25, 0.3) is 0 Å². The van der Waals surface area contributed by atoms with E-state index in [2.05, 4.69) is 5.32 Å². The molecule has 0 saturated carbocycles. The molecule has 0 bridgehead atoms. The van der Waals surface area contributed by atoms with E-state index in [4.69, 9.17) is 0 Å². The van der Waals surface area contributed by atoms with Crippen LogP contribution in [0.4, 0.5) is 0 Å². The summed E-state index contributed by atoms with van der Waals surface area (Å²) in [5.41, 5.74) is -0.163. The Balaban J connectivity index is 2.12. The quantitative estimate of drug-likeness (QED) is 0.653. The molecule has 1 unspecified atom stereocenters. The molecule has 0 radical (unpaired) electrons. The van der Waals surface area contributed by atoms with Crippen LogP contribution in [0.15, 0.2) is 0 Å². The van der Waals surface area contributed by atoms with E-state index >= 15 is 0 Å². The minimum Gasteiger partial charge on any atom is -0.297 e. The van der Waals surface area contributed by atoms with E-state index in [1.807, 2.05) is 13.8 Å². The average Bonchev–Trinajstić information content (AvgIpc) is 2.52. The summed E-state index contributed by atoms with van der Waals surface area (Å²) < 4.78 is 0. The van der Waals surface area contributed by atoms with Gasteiger partial charge in [0.1, 0.15) is 0 Å². The van der Waals surface area contributed by atoms with Gasteiger partial charge >= 0.3 is 0 Å². The standard InChI is InChI=1S/C11H18N2O2/c1-11(2)6-9(14)13(10(15)7-11)8-4-3-5-12-8/h8,12H,3-7H2,1-2H3. The molecular weight excluding hydrogens is 192 g/mol. The molecule has 1 atom stereocenters. The molecule has 0 aromatic rings. The number of hydrogen-bond acceptors (Lipinski definition) is 3. The van der Waals surface area contributed by atoms with Gasteiger partial charge in [-0.15, -0.1) is 0 Å². The number of nitrogens with one attached hydrogen (secondary N) is 1. The van der Waals surface area contributed by atoms with Crippen molar-refractivity contribution in [1.29, 1.82) is 0 Å². The van der Waals surface area contributed by atoms with Crippen LogP contribution < -0.4 is 5.32 Å². The van der Waals surface area contributed by atoms with Crippen LogP contribution in [-0.2, 0) is 9.59 Å². The molecule has 0 aromatic heterocycles. The second kappa shape index (κ2) is 3.59. The van der Waals surface area contributed by atoms with Crippen molar-refractivity contribution < 1.29 is 9.59 Å². The lowest BCUT2D eigenvalue weighted by atomic mass is 9.81. The molecule has 4 nitrogen and oxygen atoms in total. The fourth-order valence-electron chi connectivity index (χ4n) is 2.42. The van der Waals surface area contributed by atoms with E-state index in [1.165, 1.54) is 4.90 Å². The molecule has 1 N–H and O–H groups in total. The number of carbonyl (C=O) groups excluding carboxylic acids is 2. The number of piperidine rings is 1. The second-order valence-electron chi connectivity index (χ2n) is 5.29. The number of carbonyl (C=O) groups is 2. The lowest BCUT2D eigenvalue weighted by Crippen LogP contribution is -2.54. The van der Waals surface area contributed by atoms with Gasteiger partial charge < -0.3 is 0 Å². The molecule has 4 heteroatoms. The normalized spacial score (nSPS) is 31.1. The Morgan fingerprint density at radius 3 is 2.33 bits per heavy atom. The summed E-state index contributed by atoms with van der Waals surface area (Å²) in [4.78, 5) is 25.2. The zero-order chi connectivity index (χ0) is 11.1. The minimum atomic E-state index is -0.163. The van der Waals surface area contributed by atoms with Crippen molar-refractivity contribution in [2.75, 3.05) is 6.54 Å². The first kappa shape index (κ1) is 10.6. The SMILES string of the molecule is CC1(C)CC(=O)N(C2CCCN2)C(=O)C1. The Morgan fingerprint density at radius 2 is 1.87 bits per heavy atom. The summed E-state index contributed by atoms with van der Waals surface area (Å²) in [6.45, 7) is 4.86. The highest BCUT2D eigenvalue weighted by molar-refractivity contribution is 5.98. The van der Waals surface area contributed by atoms with Crippen molar-refractivity contribution in [3.63, 3.8) is 0 Å². The third kappa shape index (κ3) is 2.04. The third-order valence-electron chi connectivity index (χ3n) is 3.14. The smallest absolute Gasteiger partial charge is 0.231 e. The van der Waals surface area contributed by atoms with Crippen molar-refractivity contribution in [3.8, 4) is 0 Å². The minimum absolute atomic E-state index is 0.0179. The number of amides is 2. The maximum Gasteiger partial charge on any atom is 0.231 e. The van der Waals surface area contributed by atoms with Gasteiger partial charge in [0.25, 0.3) is 0 Å². The Kier molecular flexibility index (Phi) is 2.54. The third-order valence-corrected chi connectivity index (χ3v) is 3.14. The molecule has 2 fully saturated rings. The highest BCUT2D eigenvalue weighted by Gasteiger charge is 2.41. The summed E-state index contributed by atoms with van der Waals surface area (Å²) in [7, 11) is 0. The monoisotopic (exact) mass is 210 g/mol. The molecule has 15 heavy (non-hydrogen) atoms. The molecule has 84 valence electrons. The van der Waals surface area contributed by atoms with Gasteiger partial charge in [0, 0.05) is 12.8 Å². The van der Waals surface area contributed by atoms with Gasteiger partial charge in [-0.2, -0.15) is 0 Å². The van der Waals surface area contributed by atoms with Crippen molar-refractivity contribution >= 4 is 11.8 Å². The number of likely N-dealkylation sites (tertiary alicyclic amines) is 1. The van der Waals surface area contributed by atoms with E-state index < -0.39 is 0 Å². The van der Waals surface area contributed by atoms with Crippen LogP contribution in [0.5, 0.6) is 0 Å². The number of rotatable bonds is 1. The number of imide groups is 1. The van der Waals surface area contributed by atoms with Crippen molar-refractivity contribution in [1.82, 2.24) is 10.2 Å². The molecule has 2 aliphatic heterocycles. The van der Waals surface area contributed by atoms with Crippen LogP contribution in [-0.4, -0.2) is 29.4 Å². The fraction of sp³-hybridized carbons (Fsp3) is 0.818. The number of hydrogen-bond donors (Lipinski definition) is 1. The van der Waals surface area contributed by atoms with E-state index in [-0.39, 0.29) is 23.4 Å². The van der Waals surface area contributed by atoms with Crippen LogP contribution in [0.2, 0.25) is 0 Å². The first-order chi connectivity index (χ1) is 6.99. The summed E-state index contributed by atoms with van der Waals surface area (Å²) in [6, 6.07) is 0. The Bertz CT molecular complexity index is 273. The number of nitrogens with zero attached hydrogens (tertiary/aromatic N) is 1. The first-order valence-corrected chi connectivity index (χ1v) is 5.58. The Hall–Kier alpha value is -0.900. The molecule has 2 amide bonds. The van der Waals surface area contributed by atoms with Crippen molar-refractivity contribution in [2.45, 2.75) is 45.7 Å². The predicted octanol–water partition coefficient (Wildman–Crippen LogP) is 0.871. The molecule has 0 aliphatic carbocycles. The predicted molar refractivity (Wildman–Crippen MR) is 55.9 cm³/mol. The Labute approximate surface area is 90.0 Å². The largest absolute Gasteiger partial charge is 0.297 e. The highest BCUT2D eigenvalue weighted by Crippen LogP contribution is 2.33. The van der Waals surface area contributed by atoms with Gasteiger partial charge in [0.15, 0.2) is 0 Å². The van der Waals surface area contributed by atoms with E-state index in [0.717, 1.165) is 19.4 Å². The molecule has 2 saturated heterocycles. The lowest BCUT2D eigenvalue weighted by Gasteiger charge is -2.37. The van der Waals surface area contributed by atoms with Crippen molar-refractivity contribution in [3.05, 3.63) is 0 Å². The summed E-state index contributed by atoms with van der Waals surface area (Å²) in [6.07, 6.45) is 2.87. The Morgan fingerprint density at radius 1 is 1.27 bits per heavy atom. The topological polar surface area (TPSA) is 49.4 Å². The summed E-state index contributed by atoms with van der Waals surface area (Å²) in [5, 5.41) is 3.20. The van der Waals surface area contributed by atoms with Crippen LogP contribution >= 0.6 is 0 Å². The van der Waals surface area contributed by atoms with Gasteiger partial charge in [-0.05, 0) is 24.8 Å². The average molecular weight is 210 g/mol. The lowest BCUT2D eigenvalue weighted by molar-refractivity contribution is -0.155. The molecular formula is C11H18N2O2. The van der Waals surface area contributed by atoms with Crippen LogP contribution in [0.1, 0.15) is 39.5 Å². The van der Waals surface area contributed by atoms with E-state index in [0.29, 0.717) is 12.8 Å². The fourth-order valence-corrected chi connectivity index (χ4v) is 2.42. The van der Waals surface area contributed by atoms with Crippen molar-refractivity contribution in [2.24, 2.45) is 5.41 Å². The molecule has 2 aliphatic rings. The summed E-state index contributed by atoms with van der Waals surface area (Å²) >= 11 is 0. The van der Waals surface area contributed by atoms with E-state index in [1.54, 1.807) is 0 Å². The van der Waals surface area contributed by atoms with Gasteiger partial charge in [0.05, 0.1) is 6.17 Å². The molecule has 0 spiro atoms. The van der Waals surface area contributed by atoms with Crippen LogP contribution in [0.3, 0.4) is 0 Å². The maximum atomic E-state index is 11.9.